The molecule has 0 aliphatic heterocycles. The number of ether oxygens (including phenoxy) is 1. The molecule has 0 saturated carbocycles. The number of thiophene rings is 1. The molecule has 0 unspecified atom stereocenters. The van der Waals surface area contributed by atoms with Gasteiger partial charge in [-0.2, -0.15) is 0 Å². The Morgan fingerprint density at radius 3 is 2.63 bits per heavy atom. The van der Waals surface area contributed by atoms with Gasteiger partial charge < -0.3 is 10.1 Å². The number of rotatable bonds is 7. The minimum Gasteiger partial charge on any atom is -0.477 e. The van der Waals surface area contributed by atoms with Crippen LogP contribution in [0, 0.1) is 17.0 Å². The monoisotopic (exact) mass is 382 g/mol. The van der Waals surface area contributed by atoms with E-state index < -0.39 is 4.92 Å². The van der Waals surface area contributed by atoms with Crippen LogP contribution in [0.25, 0.3) is 0 Å². The van der Waals surface area contributed by atoms with E-state index >= 15 is 0 Å². The summed E-state index contributed by atoms with van der Waals surface area (Å²) in [6, 6.07) is 17.8. The van der Waals surface area contributed by atoms with Crippen LogP contribution in [0.3, 0.4) is 0 Å². The Hall–Kier alpha value is -3.19. The van der Waals surface area contributed by atoms with Crippen molar-refractivity contribution in [2.75, 3.05) is 6.61 Å². The molecule has 0 spiro atoms. The molecule has 0 aliphatic carbocycles. The Bertz CT molecular complexity index is 926. The maximum absolute atomic E-state index is 12.4. The van der Waals surface area contributed by atoms with Crippen molar-refractivity contribution >= 4 is 22.9 Å². The van der Waals surface area contributed by atoms with Crippen molar-refractivity contribution in [3.63, 3.8) is 0 Å². The molecule has 1 heterocycles. The summed E-state index contributed by atoms with van der Waals surface area (Å²) in [6.45, 7) is 1.45. The van der Waals surface area contributed by atoms with E-state index in [0.29, 0.717) is 0 Å². The summed E-state index contributed by atoms with van der Waals surface area (Å²) < 4.78 is 5.42. The van der Waals surface area contributed by atoms with Gasteiger partial charge in [-0.3, -0.25) is 14.9 Å². The van der Waals surface area contributed by atoms with Crippen molar-refractivity contribution < 1.29 is 14.5 Å². The molecule has 0 saturated heterocycles. The van der Waals surface area contributed by atoms with Crippen LogP contribution in [0.2, 0.25) is 0 Å². The zero-order valence-electron chi connectivity index (χ0n) is 14.6. The molecular formula is C20H18N2O4S. The van der Waals surface area contributed by atoms with Gasteiger partial charge in [-0.05, 0) is 35.6 Å². The smallest absolute Gasteiger partial charge is 0.311 e. The quantitative estimate of drug-likeness (QED) is 0.489. The fourth-order valence-electron chi connectivity index (χ4n) is 2.66. The lowest BCUT2D eigenvalue weighted by Gasteiger charge is -2.18. The first kappa shape index (κ1) is 18.6. The summed E-state index contributed by atoms with van der Waals surface area (Å²) in [5.41, 5.74) is 1.55. The topological polar surface area (TPSA) is 81.5 Å². The first-order valence-electron chi connectivity index (χ1n) is 8.30. The number of carbonyl (C=O) groups excluding carboxylic acids is 1. The molecule has 0 aliphatic rings. The van der Waals surface area contributed by atoms with Gasteiger partial charge in [-0.15, -0.1) is 11.3 Å². The summed E-state index contributed by atoms with van der Waals surface area (Å²) in [7, 11) is 0. The van der Waals surface area contributed by atoms with Crippen LogP contribution in [0.4, 0.5) is 5.69 Å². The zero-order chi connectivity index (χ0) is 19.2. The van der Waals surface area contributed by atoms with Gasteiger partial charge in [0.1, 0.15) is 0 Å². The first-order chi connectivity index (χ1) is 13.0. The molecule has 0 radical (unpaired) electrons. The van der Waals surface area contributed by atoms with Gasteiger partial charge in [0, 0.05) is 10.9 Å². The molecule has 0 bridgehead atoms. The SMILES string of the molecule is Cc1ccc(OCC(=O)N[C@H](c2ccccc2)c2cccs2)c([N+](=O)[O-])c1. The third-order valence-corrected chi connectivity index (χ3v) is 4.87. The summed E-state index contributed by atoms with van der Waals surface area (Å²) >= 11 is 1.55. The fraction of sp³-hybridized carbons (Fsp3) is 0.150. The molecule has 7 heteroatoms. The number of aryl methyl sites for hydroxylation is 1. The van der Waals surface area contributed by atoms with Crippen LogP contribution >= 0.6 is 11.3 Å². The van der Waals surface area contributed by atoms with Gasteiger partial charge in [0.15, 0.2) is 12.4 Å². The Morgan fingerprint density at radius 1 is 1.19 bits per heavy atom. The van der Waals surface area contributed by atoms with Crippen LogP contribution in [-0.4, -0.2) is 17.4 Å². The first-order valence-corrected chi connectivity index (χ1v) is 9.18. The Balaban J connectivity index is 1.72. The highest BCUT2D eigenvalue weighted by Gasteiger charge is 2.20. The summed E-state index contributed by atoms with van der Waals surface area (Å²) in [6.07, 6.45) is 0. The molecular weight excluding hydrogens is 364 g/mol. The molecule has 1 atom stereocenters. The molecule has 27 heavy (non-hydrogen) atoms. The molecule has 1 N–H and O–H groups in total. The summed E-state index contributed by atoms with van der Waals surface area (Å²) in [4.78, 5) is 24.1. The average Bonchev–Trinajstić information content (AvgIpc) is 3.20. The van der Waals surface area contributed by atoms with Crippen molar-refractivity contribution in [2.24, 2.45) is 0 Å². The highest BCUT2D eigenvalue weighted by atomic mass is 32.1. The lowest BCUT2D eigenvalue weighted by atomic mass is 10.1. The second kappa shape index (κ2) is 8.46. The van der Waals surface area contributed by atoms with E-state index in [-0.39, 0.29) is 30.0 Å². The minimum absolute atomic E-state index is 0.0770. The number of benzene rings is 2. The molecule has 6 nitrogen and oxygen atoms in total. The van der Waals surface area contributed by atoms with Crippen molar-refractivity contribution in [2.45, 2.75) is 13.0 Å². The fourth-order valence-corrected chi connectivity index (χ4v) is 3.46. The molecule has 3 rings (SSSR count). The van der Waals surface area contributed by atoms with Crippen molar-refractivity contribution in [3.8, 4) is 5.75 Å². The van der Waals surface area contributed by atoms with Crippen molar-refractivity contribution in [1.82, 2.24) is 5.32 Å². The highest BCUT2D eigenvalue weighted by Crippen LogP contribution is 2.28. The van der Waals surface area contributed by atoms with Crippen LogP contribution in [-0.2, 0) is 4.79 Å². The summed E-state index contributed by atoms with van der Waals surface area (Å²) in [5, 5.41) is 16.1. The van der Waals surface area contributed by atoms with Gasteiger partial charge in [0.25, 0.3) is 5.91 Å². The van der Waals surface area contributed by atoms with Gasteiger partial charge in [0.05, 0.1) is 11.0 Å². The highest BCUT2D eigenvalue weighted by molar-refractivity contribution is 7.10. The third kappa shape index (κ3) is 4.71. The lowest BCUT2D eigenvalue weighted by Crippen LogP contribution is -2.33. The van der Waals surface area contributed by atoms with E-state index in [1.807, 2.05) is 47.8 Å². The average molecular weight is 382 g/mol. The summed E-state index contributed by atoms with van der Waals surface area (Å²) in [5.74, 6) is -0.278. The van der Waals surface area contributed by atoms with E-state index in [1.54, 1.807) is 24.3 Å². The van der Waals surface area contributed by atoms with Gasteiger partial charge in [-0.1, -0.05) is 42.5 Å². The minimum atomic E-state index is -0.515. The third-order valence-electron chi connectivity index (χ3n) is 3.94. The molecule has 1 aromatic heterocycles. The van der Waals surface area contributed by atoms with Crippen LogP contribution < -0.4 is 10.1 Å². The Labute approximate surface area is 160 Å². The number of carbonyl (C=O) groups is 1. The van der Waals surface area contributed by atoms with Crippen LogP contribution in [0.5, 0.6) is 5.75 Å². The van der Waals surface area contributed by atoms with Crippen molar-refractivity contribution in [3.05, 3.63) is 92.2 Å². The predicted molar refractivity (Wildman–Crippen MR) is 104 cm³/mol. The zero-order valence-corrected chi connectivity index (χ0v) is 15.4. The number of nitro groups is 1. The van der Waals surface area contributed by atoms with Gasteiger partial charge in [-0.25, -0.2) is 0 Å². The van der Waals surface area contributed by atoms with E-state index in [2.05, 4.69) is 5.32 Å². The van der Waals surface area contributed by atoms with Gasteiger partial charge in [0.2, 0.25) is 0 Å². The number of nitro benzene ring substituents is 1. The number of hydrogen-bond donors (Lipinski definition) is 1. The Kier molecular flexibility index (Phi) is 5.83. The second-order valence-corrected chi connectivity index (χ2v) is 6.92. The number of amides is 1. The lowest BCUT2D eigenvalue weighted by molar-refractivity contribution is -0.385. The van der Waals surface area contributed by atoms with E-state index in [1.165, 1.54) is 12.1 Å². The van der Waals surface area contributed by atoms with Gasteiger partial charge >= 0.3 is 5.69 Å². The Morgan fingerprint density at radius 2 is 1.96 bits per heavy atom. The molecule has 1 amide bonds. The molecule has 3 aromatic rings. The standard InChI is InChI=1S/C20H18N2O4S/c1-14-9-10-17(16(12-14)22(24)25)26-13-19(23)21-20(18-8-5-11-27-18)15-6-3-2-4-7-15/h2-12,20H,13H2,1H3,(H,21,23)/t20-/m1/s1. The normalized spacial score (nSPS) is 11.6. The van der Waals surface area contributed by atoms with Crippen LogP contribution in [0.1, 0.15) is 22.0 Å². The number of hydrogen-bond acceptors (Lipinski definition) is 5. The van der Waals surface area contributed by atoms with Crippen LogP contribution in [0.15, 0.2) is 66.0 Å². The maximum atomic E-state index is 12.4. The maximum Gasteiger partial charge on any atom is 0.311 e. The number of nitrogens with zero attached hydrogens (tertiary/aromatic N) is 1. The predicted octanol–water partition coefficient (Wildman–Crippen LogP) is 4.25. The largest absolute Gasteiger partial charge is 0.477 e. The second-order valence-electron chi connectivity index (χ2n) is 5.94. The number of nitrogens with one attached hydrogen (secondary N) is 1. The van der Waals surface area contributed by atoms with E-state index in [4.69, 9.17) is 4.74 Å². The van der Waals surface area contributed by atoms with E-state index in [9.17, 15) is 14.9 Å². The molecule has 2 aromatic carbocycles. The van der Waals surface area contributed by atoms with Crippen molar-refractivity contribution in [1.29, 1.82) is 0 Å². The molecule has 0 fully saturated rings. The van der Waals surface area contributed by atoms with E-state index in [0.717, 1.165) is 16.0 Å². The molecule has 138 valence electrons.